The van der Waals surface area contributed by atoms with E-state index in [1.807, 2.05) is 24.3 Å². The molecule has 1 atom stereocenters. The van der Waals surface area contributed by atoms with Crippen LogP contribution in [-0.2, 0) is 17.9 Å². The van der Waals surface area contributed by atoms with Crippen molar-refractivity contribution < 1.29 is 5.11 Å². The summed E-state index contributed by atoms with van der Waals surface area (Å²) < 4.78 is 0. The van der Waals surface area contributed by atoms with E-state index < -0.39 is 5.06 Å². The first-order valence-corrected chi connectivity index (χ1v) is 9.52. The first kappa shape index (κ1) is 18.2. The molecule has 2 aromatic carbocycles. The van der Waals surface area contributed by atoms with E-state index in [2.05, 4.69) is 41.4 Å². The van der Waals surface area contributed by atoms with Crippen molar-refractivity contribution in [2.45, 2.75) is 31.2 Å². The van der Waals surface area contributed by atoms with Crippen molar-refractivity contribution in [3.05, 3.63) is 65.2 Å². The Kier molecular flexibility index (Phi) is 6.00. The smallest absolute Gasteiger partial charge is 0.164 e. The third kappa shape index (κ3) is 4.55. The Bertz CT molecular complexity index is 682. The molecule has 3 rings (SSSR count). The average Bonchev–Trinajstić information content (AvgIpc) is 2.67. The van der Waals surface area contributed by atoms with Crippen LogP contribution >= 0.6 is 11.6 Å². The minimum absolute atomic E-state index is 0.495. The quantitative estimate of drug-likeness (QED) is 0.773. The van der Waals surface area contributed by atoms with Crippen LogP contribution < -0.4 is 10.2 Å². The number of rotatable bonds is 6. The predicted molar refractivity (Wildman–Crippen MR) is 105 cm³/mol. The van der Waals surface area contributed by atoms with E-state index in [1.165, 1.54) is 16.8 Å². The van der Waals surface area contributed by atoms with E-state index in [0.29, 0.717) is 6.42 Å². The topological polar surface area (TPSA) is 35.5 Å². The molecule has 25 heavy (non-hydrogen) atoms. The maximum absolute atomic E-state index is 10.8. The van der Waals surface area contributed by atoms with Gasteiger partial charge >= 0.3 is 0 Å². The van der Waals surface area contributed by atoms with Crippen molar-refractivity contribution >= 4 is 17.3 Å². The molecule has 0 aliphatic carbocycles. The minimum Gasteiger partial charge on any atom is -0.371 e. The van der Waals surface area contributed by atoms with Gasteiger partial charge in [-0.25, -0.2) is 0 Å². The van der Waals surface area contributed by atoms with Gasteiger partial charge in [-0.05, 0) is 48.1 Å². The van der Waals surface area contributed by atoms with Gasteiger partial charge in [0, 0.05) is 31.9 Å². The lowest BCUT2D eigenvalue weighted by molar-refractivity contribution is 0.118. The third-order valence-corrected chi connectivity index (χ3v) is 5.36. The Morgan fingerprint density at radius 2 is 1.84 bits per heavy atom. The second kappa shape index (κ2) is 8.22. The second-order valence-corrected chi connectivity index (χ2v) is 7.30. The number of aliphatic hydroxyl groups is 1. The molecule has 0 spiro atoms. The summed E-state index contributed by atoms with van der Waals surface area (Å²) >= 11 is 6.51. The van der Waals surface area contributed by atoms with Gasteiger partial charge in [0.05, 0.1) is 0 Å². The van der Waals surface area contributed by atoms with Crippen LogP contribution in [0.3, 0.4) is 0 Å². The van der Waals surface area contributed by atoms with Gasteiger partial charge in [-0.1, -0.05) is 54.9 Å². The zero-order chi connectivity index (χ0) is 17.7. The van der Waals surface area contributed by atoms with Crippen LogP contribution in [0.1, 0.15) is 30.0 Å². The third-order valence-electron chi connectivity index (χ3n) is 4.95. The summed E-state index contributed by atoms with van der Waals surface area (Å²) in [4.78, 5) is 2.41. The molecular formula is C21H27ClN2O. The van der Waals surface area contributed by atoms with E-state index in [4.69, 9.17) is 11.6 Å². The second-order valence-electron chi connectivity index (χ2n) is 6.68. The minimum atomic E-state index is -1.33. The molecule has 134 valence electrons. The van der Waals surface area contributed by atoms with Crippen molar-refractivity contribution in [2.24, 2.45) is 0 Å². The molecule has 0 bridgehead atoms. The molecule has 2 N–H and O–H groups in total. The lowest BCUT2D eigenvalue weighted by atomic mass is 9.97. The maximum atomic E-state index is 10.8. The highest BCUT2D eigenvalue weighted by molar-refractivity contribution is 6.22. The molecule has 1 aliphatic heterocycles. The van der Waals surface area contributed by atoms with Crippen LogP contribution in [0.5, 0.6) is 0 Å². The van der Waals surface area contributed by atoms with Gasteiger partial charge < -0.3 is 15.3 Å². The number of piperazine rings is 1. The molecule has 3 nitrogen and oxygen atoms in total. The van der Waals surface area contributed by atoms with Crippen molar-refractivity contribution in [2.75, 3.05) is 31.1 Å². The Balaban J connectivity index is 1.76. The van der Waals surface area contributed by atoms with E-state index in [9.17, 15) is 5.11 Å². The molecule has 1 heterocycles. The van der Waals surface area contributed by atoms with Crippen molar-refractivity contribution in [1.29, 1.82) is 0 Å². The lowest BCUT2D eigenvalue weighted by Crippen LogP contribution is -2.43. The van der Waals surface area contributed by atoms with E-state index in [-0.39, 0.29) is 0 Å². The highest BCUT2D eigenvalue weighted by Crippen LogP contribution is 2.34. The summed E-state index contributed by atoms with van der Waals surface area (Å²) in [5.74, 6) is 0. The average molecular weight is 359 g/mol. The lowest BCUT2D eigenvalue weighted by Gasteiger charge is -2.32. The van der Waals surface area contributed by atoms with Gasteiger partial charge in [0.1, 0.15) is 0 Å². The van der Waals surface area contributed by atoms with Gasteiger partial charge in [-0.15, -0.1) is 0 Å². The summed E-state index contributed by atoms with van der Waals surface area (Å²) in [6.07, 6.45) is 2.18. The van der Waals surface area contributed by atoms with Crippen LogP contribution in [-0.4, -0.2) is 31.3 Å². The van der Waals surface area contributed by atoms with E-state index in [0.717, 1.165) is 44.6 Å². The molecule has 1 fully saturated rings. The Morgan fingerprint density at radius 1 is 1.12 bits per heavy atom. The zero-order valence-electron chi connectivity index (χ0n) is 14.8. The van der Waals surface area contributed by atoms with Gasteiger partial charge in [-0.3, -0.25) is 0 Å². The highest BCUT2D eigenvalue weighted by atomic mass is 35.5. The van der Waals surface area contributed by atoms with Crippen LogP contribution in [0.25, 0.3) is 0 Å². The number of nitrogens with zero attached hydrogens (tertiary/aromatic N) is 1. The van der Waals surface area contributed by atoms with Crippen molar-refractivity contribution in [3.8, 4) is 0 Å². The van der Waals surface area contributed by atoms with Crippen molar-refractivity contribution in [1.82, 2.24) is 5.32 Å². The van der Waals surface area contributed by atoms with Crippen LogP contribution in [0.15, 0.2) is 48.5 Å². The number of hydrogen-bond acceptors (Lipinski definition) is 3. The number of nitrogens with one attached hydrogen (secondary N) is 1. The summed E-state index contributed by atoms with van der Waals surface area (Å²) in [7, 11) is 0. The summed E-state index contributed by atoms with van der Waals surface area (Å²) in [6.45, 7) is 6.22. The van der Waals surface area contributed by atoms with Gasteiger partial charge in [0.15, 0.2) is 5.06 Å². The molecule has 0 radical (unpaired) electrons. The monoisotopic (exact) mass is 358 g/mol. The number of anilines is 1. The fraction of sp³-hybridized carbons (Fsp3) is 0.429. The molecule has 2 aromatic rings. The molecule has 0 aromatic heterocycles. The normalized spacial score (nSPS) is 17.3. The van der Waals surface area contributed by atoms with E-state index in [1.54, 1.807) is 0 Å². The number of halogens is 1. The molecular weight excluding hydrogens is 332 g/mol. The molecule has 1 saturated heterocycles. The number of benzene rings is 2. The molecule has 1 aliphatic rings. The van der Waals surface area contributed by atoms with Gasteiger partial charge in [-0.2, -0.15) is 0 Å². The molecule has 4 heteroatoms. The fourth-order valence-electron chi connectivity index (χ4n) is 3.42. The number of alkyl halides is 1. The van der Waals surface area contributed by atoms with E-state index >= 15 is 0 Å². The highest BCUT2D eigenvalue weighted by Gasteiger charge is 2.27. The summed E-state index contributed by atoms with van der Waals surface area (Å²) in [6, 6.07) is 16.3. The standard InChI is InChI=1S/C21H27ClN2O/c1-2-18-16-19(8-9-20(18)24-14-12-23-13-15-24)21(22,25)11-10-17-6-4-3-5-7-17/h3-9,16,23,25H,2,10-15H2,1H3. The Hall–Kier alpha value is -1.55. The molecule has 1 unspecified atom stereocenters. The Labute approximate surface area is 155 Å². The van der Waals surface area contributed by atoms with Gasteiger partial charge in [0.25, 0.3) is 0 Å². The number of hydrogen-bond donors (Lipinski definition) is 2. The molecule has 0 saturated carbocycles. The largest absolute Gasteiger partial charge is 0.371 e. The predicted octanol–water partition coefficient (Wildman–Crippen LogP) is 3.68. The first-order chi connectivity index (χ1) is 12.1. The van der Waals surface area contributed by atoms with Crippen LogP contribution in [0.4, 0.5) is 5.69 Å². The zero-order valence-corrected chi connectivity index (χ0v) is 15.6. The first-order valence-electron chi connectivity index (χ1n) is 9.14. The number of aryl methyl sites for hydroxylation is 2. The molecule has 0 amide bonds. The Morgan fingerprint density at radius 3 is 2.52 bits per heavy atom. The maximum Gasteiger partial charge on any atom is 0.164 e. The van der Waals surface area contributed by atoms with Gasteiger partial charge in [0.2, 0.25) is 0 Å². The fourth-order valence-corrected chi connectivity index (χ4v) is 3.63. The summed E-state index contributed by atoms with van der Waals surface area (Å²) in [5, 5.41) is 12.9. The summed E-state index contributed by atoms with van der Waals surface area (Å²) in [5.41, 5.74) is 4.50. The van der Waals surface area contributed by atoms with Crippen LogP contribution in [0, 0.1) is 0 Å². The SMILES string of the molecule is CCc1cc(C(O)(Cl)CCc2ccccc2)ccc1N1CCNCC1. The van der Waals surface area contributed by atoms with Crippen LogP contribution in [0.2, 0.25) is 0 Å². The van der Waals surface area contributed by atoms with Crippen molar-refractivity contribution in [3.63, 3.8) is 0 Å².